The maximum atomic E-state index is 11.9. The minimum Gasteiger partial charge on any atom is -0.456 e. The van der Waals surface area contributed by atoms with E-state index in [1.54, 1.807) is 20.8 Å². The summed E-state index contributed by atoms with van der Waals surface area (Å²) in [5.74, 6) is -0.722. The van der Waals surface area contributed by atoms with Crippen LogP contribution in [0.4, 0.5) is 0 Å². The number of esters is 1. The summed E-state index contributed by atoms with van der Waals surface area (Å²) in [6.07, 6.45) is 0. The molecule has 0 saturated heterocycles. The summed E-state index contributed by atoms with van der Waals surface area (Å²) >= 11 is 9.00. The van der Waals surface area contributed by atoms with Crippen molar-refractivity contribution in [1.82, 2.24) is 0 Å². The topological polar surface area (TPSA) is 60.4 Å². The van der Waals surface area contributed by atoms with Crippen LogP contribution in [-0.4, -0.2) is 20.0 Å². The van der Waals surface area contributed by atoms with E-state index in [1.807, 2.05) is 0 Å². The van der Waals surface area contributed by atoms with Crippen LogP contribution in [0.15, 0.2) is 21.5 Å². The summed E-state index contributed by atoms with van der Waals surface area (Å²) in [4.78, 5) is 11.6. The SMILES string of the molecule is CC(C)(C)OC(=O)c1cc(Br)cc(S(=O)(=O)Cl)c1Cl. The lowest BCUT2D eigenvalue weighted by Gasteiger charge is -2.20. The molecule has 0 N–H and O–H groups in total. The van der Waals surface area contributed by atoms with Gasteiger partial charge in [0.1, 0.15) is 10.5 Å². The van der Waals surface area contributed by atoms with E-state index < -0.39 is 20.6 Å². The van der Waals surface area contributed by atoms with Crippen LogP contribution in [0.25, 0.3) is 0 Å². The summed E-state index contributed by atoms with van der Waals surface area (Å²) < 4.78 is 28.3. The Kier molecular flexibility index (Phi) is 4.93. The molecule has 0 saturated carbocycles. The number of hydrogen-bond donors (Lipinski definition) is 0. The van der Waals surface area contributed by atoms with Crippen LogP contribution >= 0.6 is 38.2 Å². The highest BCUT2D eigenvalue weighted by Gasteiger charge is 2.25. The Morgan fingerprint density at radius 2 is 1.84 bits per heavy atom. The lowest BCUT2D eigenvalue weighted by atomic mass is 10.1. The Morgan fingerprint density at radius 1 is 1.32 bits per heavy atom. The summed E-state index contributed by atoms with van der Waals surface area (Å²) in [5.41, 5.74) is -0.784. The van der Waals surface area contributed by atoms with Crippen molar-refractivity contribution in [3.8, 4) is 0 Å². The number of rotatable bonds is 2. The standard InChI is InChI=1S/C11H11BrCl2O4S/c1-11(2,3)18-10(15)7-4-6(12)5-8(9(7)13)19(14,16)17/h4-5H,1-3H3. The van der Waals surface area contributed by atoms with E-state index in [0.717, 1.165) is 0 Å². The fourth-order valence-electron chi connectivity index (χ4n) is 1.22. The predicted octanol–water partition coefficient (Wildman–Crippen LogP) is 3.99. The fourth-order valence-corrected chi connectivity index (χ4v) is 3.40. The lowest BCUT2D eigenvalue weighted by Crippen LogP contribution is -2.24. The molecule has 0 unspecified atom stereocenters. The molecule has 106 valence electrons. The molecule has 0 aliphatic rings. The van der Waals surface area contributed by atoms with E-state index in [0.29, 0.717) is 4.47 Å². The summed E-state index contributed by atoms with van der Waals surface area (Å²) in [6, 6.07) is 2.60. The highest BCUT2D eigenvalue weighted by Crippen LogP contribution is 2.32. The molecule has 1 rings (SSSR count). The summed E-state index contributed by atoms with van der Waals surface area (Å²) in [7, 11) is 1.21. The molecule has 0 fully saturated rings. The average Bonchev–Trinajstić information content (AvgIpc) is 2.16. The number of benzene rings is 1. The Balaban J connectivity index is 3.38. The number of carbonyl (C=O) groups is 1. The van der Waals surface area contributed by atoms with Crippen LogP contribution in [0.5, 0.6) is 0 Å². The Morgan fingerprint density at radius 3 is 2.26 bits per heavy atom. The van der Waals surface area contributed by atoms with Crippen LogP contribution in [0, 0.1) is 0 Å². The third-order valence-electron chi connectivity index (χ3n) is 1.89. The van der Waals surface area contributed by atoms with Gasteiger partial charge in [-0.15, -0.1) is 0 Å². The Hall–Kier alpha value is -0.300. The van der Waals surface area contributed by atoms with Crippen LogP contribution < -0.4 is 0 Å². The number of hydrogen-bond acceptors (Lipinski definition) is 4. The van der Waals surface area contributed by atoms with Crippen molar-refractivity contribution in [3.63, 3.8) is 0 Å². The zero-order valence-corrected chi connectivity index (χ0v) is 14.2. The van der Waals surface area contributed by atoms with Gasteiger partial charge in [0, 0.05) is 15.2 Å². The summed E-state index contributed by atoms with van der Waals surface area (Å²) in [6.45, 7) is 5.07. The minimum atomic E-state index is -4.05. The van der Waals surface area contributed by atoms with Crippen molar-refractivity contribution in [2.45, 2.75) is 31.3 Å². The predicted molar refractivity (Wildman–Crippen MR) is 77.4 cm³/mol. The molecule has 0 amide bonds. The zero-order valence-electron chi connectivity index (χ0n) is 10.3. The molecule has 0 atom stereocenters. The van der Waals surface area contributed by atoms with Gasteiger partial charge < -0.3 is 4.74 Å². The number of halogens is 3. The molecule has 4 nitrogen and oxygen atoms in total. The van der Waals surface area contributed by atoms with Crippen molar-refractivity contribution in [2.75, 3.05) is 0 Å². The number of ether oxygens (including phenoxy) is 1. The van der Waals surface area contributed by atoms with Crippen LogP contribution in [0.1, 0.15) is 31.1 Å². The van der Waals surface area contributed by atoms with Crippen molar-refractivity contribution in [3.05, 3.63) is 27.2 Å². The molecule has 1 aromatic carbocycles. The van der Waals surface area contributed by atoms with Gasteiger partial charge in [0.2, 0.25) is 0 Å². The third kappa shape index (κ3) is 4.63. The molecule has 0 aliphatic carbocycles. The van der Waals surface area contributed by atoms with Gasteiger partial charge in [-0.1, -0.05) is 27.5 Å². The Labute approximate surface area is 129 Å². The molecule has 19 heavy (non-hydrogen) atoms. The van der Waals surface area contributed by atoms with E-state index >= 15 is 0 Å². The van der Waals surface area contributed by atoms with Crippen molar-refractivity contribution >= 4 is 53.2 Å². The normalized spacial score (nSPS) is 12.3. The van der Waals surface area contributed by atoms with E-state index in [4.69, 9.17) is 27.0 Å². The van der Waals surface area contributed by atoms with Gasteiger partial charge in [0.25, 0.3) is 9.05 Å². The van der Waals surface area contributed by atoms with Gasteiger partial charge in [0.05, 0.1) is 10.6 Å². The highest BCUT2D eigenvalue weighted by molar-refractivity contribution is 9.10. The van der Waals surface area contributed by atoms with Crippen LogP contribution in [-0.2, 0) is 13.8 Å². The van der Waals surface area contributed by atoms with E-state index in [2.05, 4.69) is 15.9 Å². The smallest absolute Gasteiger partial charge is 0.340 e. The molecule has 0 radical (unpaired) electrons. The molecule has 1 aromatic rings. The third-order valence-corrected chi connectivity index (χ3v) is 4.21. The fraction of sp³-hybridized carbons (Fsp3) is 0.364. The first kappa shape index (κ1) is 16.8. The highest BCUT2D eigenvalue weighted by atomic mass is 79.9. The lowest BCUT2D eigenvalue weighted by molar-refractivity contribution is 0.00694. The van der Waals surface area contributed by atoms with Gasteiger partial charge in [-0.3, -0.25) is 0 Å². The van der Waals surface area contributed by atoms with E-state index in [1.165, 1.54) is 12.1 Å². The van der Waals surface area contributed by atoms with Gasteiger partial charge in [-0.05, 0) is 32.9 Å². The quantitative estimate of drug-likeness (QED) is 0.566. The molecular formula is C11H11BrCl2O4S. The van der Waals surface area contributed by atoms with Crippen LogP contribution in [0.2, 0.25) is 5.02 Å². The number of carbonyl (C=O) groups excluding carboxylic acids is 1. The van der Waals surface area contributed by atoms with Gasteiger partial charge in [-0.2, -0.15) is 0 Å². The maximum absolute atomic E-state index is 11.9. The first-order chi connectivity index (χ1) is 8.42. The van der Waals surface area contributed by atoms with Crippen LogP contribution in [0.3, 0.4) is 0 Å². The molecule has 0 spiro atoms. The van der Waals surface area contributed by atoms with Crippen molar-refractivity contribution < 1.29 is 17.9 Å². The van der Waals surface area contributed by atoms with Gasteiger partial charge in [0.15, 0.2) is 0 Å². The molecule has 0 aromatic heterocycles. The van der Waals surface area contributed by atoms with Gasteiger partial charge in [-0.25, -0.2) is 13.2 Å². The first-order valence-electron chi connectivity index (χ1n) is 5.09. The summed E-state index contributed by atoms with van der Waals surface area (Å²) in [5, 5.41) is -0.257. The van der Waals surface area contributed by atoms with Gasteiger partial charge >= 0.3 is 5.97 Å². The average molecular weight is 390 g/mol. The minimum absolute atomic E-state index is 0.0646. The second-order valence-electron chi connectivity index (χ2n) is 4.71. The molecule has 8 heteroatoms. The zero-order chi connectivity index (χ0) is 15.0. The molecule has 0 bridgehead atoms. The monoisotopic (exact) mass is 388 g/mol. The first-order valence-corrected chi connectivity index (χ1v) is 8.57. The molecular weight excluding hydrogens is 379 g/mol. The van der Waals surface area contributed by atoms with Crippen molar-refractivity contribution in [1.29, 1.82) is 0 Å². The second kappa shape index (κ2) is 5.60. The van der Waals surface area contributed by atoms with E-state index in [9.17, 15) is 13.2 Å². The van der Waals surface area contributed by atoms with E-state index in [-0.39, 0.29) is 15.5 Å². The molecule has 0 aliphatic heterocycles. The maximum Gasteiger partial charge on any atom is 0.340 e. The largest absolute Gasteiger partial charge is 0.456 e. The molecule has 0 heterocycles. The second-order valence-corrected chi connectivity index (χ2v) is 8.53. The van der Waals surface area contributed by atoms with Crippen molar-refractivity contribution in [2.24, 2.45) is 0 Å². The Bertz CT molecular complexity index is 620.